The van der Waals surface area contributed by atoms with Gasteiger partial charge in [0.05, 0.1) is 12.1 Å². The Morgan fingerprint density at radius 1 is 0.727 bits per heavy atom. The number of aliphatic hydroxyl groups is 6. The van der Waals surface area contributed by atoms with Crippen molar-refractivity contribution in [2.24, 2.45) is 0 Å². The first-order valence-corrected chi connectivity index (χ1v) is 6.99. The summed E-state index contributed by atoms with van der Waals surface area (Å²) >= 11 is 0. The Kier molecular flexibility index (Phi) is 5.00. The summed E-state index contributed by atoms with van der Waals surface area (Å²) in [6.07, 6.45) is -3.12. The number of hydrogen-bond donors (Lipinski definition) is 6. The van der Waals surface area contributed by atoms with Crippen LogP contribution in [0.1, 0.15) is 6.92 Å². The smallest absolute Gasteiger partial charge is 0.220 e. The Hall–Kier alpha value is -1.29. The van der Waals surface area contributed by atoms with Gasteiger partial charge in [-0.3, -0.25) is 4.79 Å². The molecule has 2 rings (SSSR count). The second kappa shape index (κ2) is 6.45. The third-order valence-corrected chi connectivity index (χ3v) is 4.12. The van der Waals surface area contributed by atoms with Gasteiger partial charge in [-0.1, -0.05) is 24.3 Å². The van der Waals surface area contributed by atoms with Crippen molar-refractivity contribution >= 4 is 5.91 Å². The fourth-order valence-corrected chi connectivity index (χ4v) is 2.85. The number of nitrogens with zero attached hydrogens (tertiary/aromatic N) is 1. The Labute approximate surface area is 127 Å². The quantitative estimate of drug-likeness (QED) is 0.296. The van der Waals surface area contributed by atoms with Crippen molar-refractivity contribution in [1.29, 1.82) is 0 Å². The number of carbonyl (C=O) groups excluding carboxylic acids is 1. The molecular weight excluding hydrogens is 294 g/mol. The fraction of sp³-hybridized carbons (Fsp3) is 0.643. The van der Waals surface area contributed by atoms with Gasteiger partial charge < -0.3 is 35.5 Å². The highest BCUT2D eigenvalue weighted by molar-refractivity contribution is 5.75. The third-order valence-electron chi connectivity index (χ3n) is 4.12. The average Bonchev–Trinajstić information content (AvgIpc) is 2.47. The summed E-state index contributed by atoms with van der Waals surface area (Å²) in [4.78, 5) is 13.1. The van der Waals surface area contributed by atoms with E-state index in [1.807, 2.05) is 0 Å². The van der Waals surface area contributed by atoms with Gasteiger partial charge in [0.1, 0.15) is 36.6 Å². The molecule has 2 aliphatic carbocycles. The number of rotatable bonds is 2. The molecule has 8 nitrogen and oxygen atoms in total. The van der Waals surface area contributed by atoms with Gasteiger partial charge in [0.25, 0.3) is 0 Å². The molecule has 8 heteroatoms. The molecule has 0 aromatic carbocycles. The summed E-state index contributed by atoms with van der Waals surface area (Å²) in [6.45, 7) is 1.22. The van der Waals surface area contributed by atoms with Crippen LogP contribution in [-0.4, -0.2) is 90.2 Å². The Morgan fingerprint density at radius 2 is 1.09 bits per heavy atom. The molecule has 0 spiro atoms. The average molecular weight is 315 g/mol. The van der Waals surface area contributed by atoms with Crippen molar-refractivity contribution < 1.29 is 35.4 Å². The minimum Gasteiger partial charge on any atom is -0.388 e. The van der Waals surface area contributed by atoms with Crippen LogP contribution in [0.25, 0.3) is 0 Å². The lowest BCUT2D eigenvalue weighted by molar-refractivity contribution is -0.148. The van der Waals surface area contributed by atoms with Gasteiger partial charge in [-0.25, -0.2) is 0 Å². The predicted molar refractivity (Wildman–Crippen MR) is 74.4 cm³/mol. The van der Waals surface area contributed by atoms with Crippen molar-refractivity contribution in [3.63, 3.8) is 0 Å². The van der Waals surface area contributed by atoms with Crippen LogP contribution in [0.3, 0.4) is 0 Å². The summed E-state index contributed by atoms with van der Waals surface area (Å²) in [5, 5.41) is 58.6. The molecule has 0 saturated carbocycles. The van der Waals surface area contributed by atoms with E-state index in [9.17, 15) is 35.4 Å². The van der Waals surface area contributed by atoms with Crippen LogP contribution in [0.15, 0.2) is 24.3 Å². The maximum absolute atomic E-state index is 12.0. The minimum absolute atomic E-state index is 0.505. The van der Waals surface area contributed by atoms with Crippen molar-refractivity contribution in [3.05, 3.63) is 24.3 Å². The number of amides is 1. The number of hydrogen-bond acceptors (Lipinski definition) is 7. The van der Waals surface area contributed by atoms with Crippen LogP contribution >= 0.6 is 0 Å². The van der Waals surface area contributed by atoms with E-state index in [0.717, 1.165) is 4.90 Å². The molecule has 0 radical (unpaired) electrons. The van der Waals surface area contributed by atoms with E-state index in [-0.39, 0.29) is 0 Å². The molecule has 1 amide bonds. The molecule has 0 saturated heterocycles. The van der Waals surface area contributed by atoms with Crippen LogP contribution < -0.4 is 0 Å². The molecular formula is C14H21NO7. The largest absolute Gasteiger partial charge is 0.388 e. The minimum atomic E-state index is -1.47. The molecule has 8 atom stereocenters. The highest BCUT2D eigenvalue weighted by Crippen LogP contribution is 2.26. The molecule has 0 bridgehead atoms. The summed E-state index contributed by atoms with van der Waals surface area (Å²) in [5.74, 6) is -0.505. The molecule has 124 valence electrons. The molecule has 0 unspecified atom stereocenters. The zero-order valence-corrected chi connectivity index (χ0v) is 12.0. The summed E-state index contributed by atoms with van der Waals surface area (Å²) in [6, 6.07) is -1.97. The Morgan fingerprint density at radius 3 is 1.41 bits per heavy atom. The van der Waals surface area contributed by atoms with Crippen molar-refractivity contribution in [2.75, 3.05) is 0 Å². The van der Waals surface area contributed by atoms with E-state index >= 15 is 0 Å². The monoisotopic (exact) mass is 315 g/mol. The van der Waals surface area contributed by atoms with Crippen molar-refractivity contribution in [3.8, 4) is 0 Å². The zero-order chi connectivity index (χ0) is 16.6. The summed E-state index contributed by atoms with van der Waals surface area (Å²) < 4.78 is 0. The van der Waals surface area contributed by atoms with Gasteiger partial charge in [-0.15, -0.1) is 0 Å². The van der Waals surface area contributed by atoms with E-state index in [1.54, 1.807) is 0 Å². The molecule has 0 fully saturated rings. The van der Waals surface area contributed by atoms with Crippen LogP contribution in [0.2, 0.25) is 0 Å². The SMILES string of the molecule is CC(=O)N([C@H]1C=C[C@@H](O)[C@@H](O)[C@@H]1O)[C@H]1C=C[C@@H](O)[C@@H](O)[C@@H]1O. The highest BCUT2D eigenvalue weighted by atomic mass is 16.4. The normalized spacial score (nSPS) is 44.9. The molecule has 22 heavy (non-hydrogen) atoms. The predicted octanol–water partition coefficient (Wildman–Crippen LogP) is -3.12. The third kappa shape index (κ3) is 2.94. The van der Waals surface area contributed by atoms with E-state index < -0.39 is 54.6 Å². The maximum atomic E-state index is 12.0. The van der Waals surface area contributed by atoms with Gasteiger partial charge in [-0.2, -0.15) is 0 Å². The lowest BCUT2D eigenvalue weighted by Crippen LogP contribution is -2.62. The standard InChI is InChI=1S/C14H21NO7/c1-6(16)15(7-2-4-9(17)13(21)11(7)19)8-3-5-10(18)14(22)12(8)20/h2-5,7-14,17-22H,1H3/t7-,8-,9+,10+,11+,12+,13+,14+/m0/s1. The first-order valence-electron chi connectivity index (χ1n) is 6.99. The second-order valence-electron chi connectivity index (χ2n) is 5.62. The topological polar surface area (TPSA) is 142 Å². The van der Waals surface area contributed by atoms with Crippen LogP contribution in [-0.2, 0) is 4.79 Å². The van der Waals surface area contributed by atoms with E-state index in [0.29, 0.717) is 0 Å². The van der Waals surface area contributed by atoms with Crippen LogP contribution in [0.5, 0.6) is 0 Å². The lowest BCUT2D eigenvalue weighted by Gasteiger charge is -2.44. The van der Waals surface area contributed by atoms with Crippen molar-refractivity contribution in [1.82, 2.24) is 4.90 Å². The van der Waals surface area contributed by atoms with E-state index in [4.69, 9.17) is 0 Å². The zero-order valence-electron chi connectivity index (χ0n) is 12.0. The van der Waals surface area contributed by atoms with E-state index in [2.05, 4.69) is 0 Å². The first kappa shape index (κ1) is 17.1. The Balaban J connectivity index is 2.33. The van der Waals surface area contributed by atoms with Gasteiger partial charge >= 0.3 is 0 Å². The fourth-order valence-electron chi connectivity index (χ4n) is 2.85. The van der Waals surface area contributed by atoms with Crippen molar-refractivity contribution in [2.45, 2.75) is 55.6 Å². The molecule has 0 heterocycles. The van der Waals surface area contributed by atoms with Crippen LogP contribution in [0, 0.1) is 0 Å². The van der Waals surface area contributed by atoms with Crippen LogP contribution in [0.4, 0.5) is 0 Å². The number of aliphatic hydroxyl groups excluding tert-OH is 6. The molecule has 2 aliphatic rings. The van der Waals surface area contributed by atoms with Gasteiger partial charge in [0.2, 0.25) is 5.91 Å². The number of carbonyl (C=O) groups is 1. The van der Waals surface area contributed by atoms with Gasteiger partial charge in [0, 0.05) is 6.92 Å². The summed E-state index contributed by atoms with van der Waals surface area (Å²) in [5.41, 5.74) is 0. The lowest BCUT2D eigenvalue weighted by atomic mass is 9.88. The second-order valence-corrected chi connectivity index (χ2v) is 5.62. The molecule has 0 aromatic heterocycles. The molecule has 0 aliphatic heterocycles. The van der Waals surface area contributed by atoms with E-state index in [1.165, 1.54) is 31.2 Å². The van der Waals surface area contributed by atoms with Gasteiger partial charge in [0.15, 0.2) is 0 Å². The van der Waals surface area contributed by atoms with Gasteiger partial charge in [-0.05, 0) is 0 Å². The summed E-state index contributed by atoms with van der Waals surface area (Å²) in [7, 11) is 0. The molecule has 6 N–H and O–H groups in total. The first-order chi connectivity index (χ1) is 10.3. The molecule has 0 aromatic rings. The highest BCUT2D eigenvalue weighted by Gasteiger charge is 2.44. The maximum Gasteiger partial charge on any atom is 0.220 e. The Bertz CT molecular complexity index is 444.